The predicted octanol–water partition coefficient (Wildman–Crippen LogP) is 4.52. The fraction of sp³-hybridized carbons (Fsp3) is 0.370. The van der Waals surface area contributed by atoms with Crippen molar-refractivity contribution in [1.29, 1.82) is 0 Å². The minimum Gasteiger partial charge on any atom is -0.494 e. The summed E-state index contributed by atoms with van der Waals surface area (Å²) in [6.07, 6.45) is 5.44. The minimum atomic E-state index is -0.199. The van der Waals surface area contributed by atoms with E-state index < -0.39 is 0 Å². The highest BCUT2D eigenvalue weighted by Crippen LogP contribution is 2.39. The summed E-state index contributed by atoms with van der Waals surface area (Å²) in [6.45, 7) is 3.92. The Labute approximate surface area is 209 Å². The van der Waals surface area contributed by atoms with E-state index in [1.54, 1.807) is 10.8 Å². The summed E-state index contributed by atoms with van der Waals surface area (Å²) >= 11 is 1.32. The van der Waals surface area contributed by atoms with Crippen LogP contribution in [0, 0.1) is 0 Å². The summed E-state index contributed by atoms with van der Waals surface area (Å²) < 4.78 is 8.15. The van der Waals surface area contributed by atoms with Gasteiger partial charge < -0.3 is 19.5 Å². The fourth-order valence-corrected chi connectivity index (χ4v) is 5.90. The van der Waals surface area contributed by atoms with Crippen molar-refractivity contribution in [3.63, 3.8) is 0 Å². The SMILES string of the molecule is C.COc1c(C(=O)NCCN2CCCCC2)sc2c1c(=O)n(Cc1ccccn1)c1ccccc21. The van der Waals surface area contributed by atoms with Crippen molar-refractivity contribution in [3.05, 3.63) is 69.6 Å². The molecule has 0 unspecified atom stereocenters. The highest BCUT2D eigenvalue weighted by Gasteiger charge is 2.25. The van der Waals surface area contributed by atoms with Crippen LogP contribution in [0.25, 0.3) is 21.0 Å². The third kappa shape index (κ3) is 4.94. The number of nitrogens with zero attached hydrogens (tertiary/aromatic N) is 3. The maximum atomic E-state index is 13.7. The molecule has 4 aromatic rings. The number of carbonyl (C=O) groups excluding carboxylic acids is 1. The van der Waals surface area contributed by atoms with E-state index >= 15 is 0 Å². The zero-order valence-electron chi connectivity index (χ0n) is 19.3. The van der Waals surface area contributed by atoms with Gasteiger partial charge in [-0.05, 0) is 44.1 Å². The minimum absolute atomic E-state index is 0. The van der Waals surface area contributed by atoms with Crippen LogP contribution in [0.15, 0.2) is 53.5 Å². The summed E-state index contributed by atoms with van der Waals surface area (Å²) in [7, 11) is 1.52. The lowest BCUT2D eigenvalue weighted by molar-refractivity contribution is 0.0948. The van der Waals surface area contributed by atoms with E-state index in [1.165, 1.54) is 37.7 Å². The zero-order chi connectivity index (χ0) is 23.5. The number of carbonyl (C=O) groups is 1. The van der Waals surface area contributed by atoms with E-state index in [0.29, 0.717) is 29.1 Å². The number of methoxy groups -OCH3 is 1. The number of hydrogen-bond acceptors (Lipinski definition) is 6. The first-order chi connectivity index (χ1) is 16.7. The van der Waals surface area contributed by atoms with E-state index in [9.17, 15) is 9.59 Å². The Kier molecular flexibility index (Phi) is 7.83. The average Bonchev–Trinajstić information content (AvgIpc) is 3.28. The number of para-hydroxylation sites is 1. The number of piperidine rings is 1. The van der Waals surface area contributed by atoms with Crippen molar-refractivity contribution in [2.45, 2.75) is 33.2 Å². The van der Waals surface area contributed by atoms with Gasteiger partial charge in [0.25, 0.3) is 11.5 Å². The topological polar surface area (TPSA) is 76.5 Å². The third-order valence-electron chi connectivity index (χ3n) is 6.38. The normalized spacial score (nSPS) is 14.1. The fourth-order valence-electron chi connectivity index (χ4n) is 4.69. The number of nitrogens with one attached hydrogen (secondary N) is 1. The second kappa shape index (κ2) is 11.0. The molecule has 0 aliphatic carbocycles. The number of likely N-dealkylation sites (tertiary alicyclic amines) is 1. The number of pyridine rings is 2. The van der Waals surface area contributed by atoms with Gasteiger partial charge in [-0.2, -0.15) is 0 Å². The summed E-state index contributed by atoms with van der Waals surface area (Å²) in [6, 6.07) is 13.4. The second-order valence-corrected chi connectivity index (χ2v) is 9.58. The number of rotatable bonds is 7. The van der Waals surface area contributed by atoms with Crippen molar-refractivity contribution >= 4 is 38.2 Å². The first kappa shape index (κ1) is 24.9. The maximum Gasteiger partial charge on any atom is 0.265 e. The van der Waals surface area contributed by atoms with Crippen LogP contribution >= 0.6 is 11.3 Å². The van der Waals surface area contributed by atoms with Crippen molar-refractivity contribution < 1.29 is 9.53 Å². The summed E-state index contributed by atoms with van der Waals surface area (Å²) in [5, 5.41) is 4.40. The van der Waals surface area contributed by atoms with E-state index in [1.807, 2.05) is 42.5 Å². The molecule has 0 atom stereocenters. The second-order valence-electron chi connectivity index (χ2n) is 8.56. The van der Waals surface area contributed by atoms with Gasteiger partial charge in [-0.1, -0.05) is 38.1 Å². The van der Waals surface area contributed by atoms with E-state index in [2.05, 4.69) is 15.2 Å². The molecular formula is C27H32N4O3S. The molecule has 0 bridgehead atoms. The monoisotopic (exact) mass is 492 g/mol. The number of hydrogen-bond donors (Lipinski definition) is 1. The highest BCUT2D eigenvalue weighted by atomic mass is 32.1. The Hall–Kier alpha value is -3.23. The molecule has 0 saturated carbocycles. The molecule has 35 heavy (non-hydrogen) atoms. The maximum absolute atomic E-state index is 13.7. The molecule has 7 nitrogen and oxygen atoms in total. The summed E-state index contributed by atoms with van der Waals surface area (Å²) in [4.78, 5) is 34.1. The molecule has 4 heterocycles. The number of ether oxygens (including phenoxy) is 1. The van der Waals surface area contributed by atoms with Crippen molar-refractivity contribution in [2.24, 2.45) is 0 Å². The molecule has 0 spiro atoms. The van der Waals surface area contributed by atoms with Gasteiger partial charge in [-0.3, -0.25) is 14.6 Å². The van der Waals surface area contributed by atoms with Gasteiger partial charge in [0.2, 0.25) is 0 Å². The largest absolute Gasteiger partial charge is 0.494 e. The first-order valence-corrected chi connectivity index (χ1v) is 12.5. The number of benzene rings is 1. The van der Waals surface area contributed by atoms with Crippen molar-refractivity contribution in [1.82, 2.24) is 19.8 Å². The standard InChI is InChI=1S/C26H28N4O3S.CH4/c1-33-22-21-23(34-24(22)25(31)28-13-16-29-14-7-2-8-15-29)19-10-3-4-11-20(19)30(26(21)32)17-18-9-5-6-12-27-18;/h3-6,9-12H,2,7-8,13-17H2,1H3,(H,28,31);1H4. The number of aromatic nitrogens is 2. The molecule has 1 saturated heterocycles. The van der Waals surface area contributed by atoms with Crippen LogP contribution in [0.1, 0.15) is 42.1 Å². The van der Waals surface area contributed by atoms with Crippen LogP contribution < -0.4 is 15.6 Å². The van der Waals surface area contributed by atoms with Gasteiger partial charge in [0.05, 0.1) is 29.6 Å². The van der Waals surface area contributed by atoms with E-state index in [0.717, 1.165) is 40.9 Å². The Morgan fingerprint density at radius 3 is 2.63 bits per heavy atom. The first-order valence-electron chi connectivity index (χ1n) is 11.7. The Bertz CT molecular complexity index is 1370. The number of thiophene rings is 1. The van der Waals surface area contributed by atoms with E-state index in [4.69, 9.17) is 4.74 Å². The lowest BCUT2D eigenvalue weighted by Gasteiger charge is -2.26. The number of fused-ring (bicyclic) bond motifs is 3. The number of amides is 1. The molecule has 3 aromatic heterocycles. The summed E-state index contributed by atoms with van der Waals surface area (Å²) in [5.74, 6) is 0.149. The van der Waals surface area contributed by atoms with Crippen molar-refractivity contribution in [3.8, 4) is 5.75 Å². The van der Waals surface area contributed by atoms with E-state index in [-0.39, 0.29) is 18.9 Å². The lowest BCUT2D eigenvalue weighted by atomic mass is 10.1. The molecule has 8 heteroatoms. The molecule has 184 valence electrons. The molecule has 1 N–H and O–H groups in total. The van der Waals surface area contributed by atoms with Gasteiger partial charge in [-0.25, -0.2) is 0 Å². The Morgan fingerprint density at radius 2 is 1.89 bits per heavy atom. The molecule has 1 aromatic carbocycles. The van der Waals surface area contributed by atoms with Crippen LogP contribution in [-0.2, 0) is 6.54 Å². The highest BCUT2D eigenvalue weighted by molar-refractivity contribution is 7.22. The van der Waals surface area contributed by atoms with Crippen LogP contribution in [0.4, 0.5) is 0 Å². The van der Waals surface area contributed by atoms with Crippen LogP contribution in [0.2, 0.25) is 0 Å². The molecule has 1 aliphatic rings. The molecule has 1 amide bonds. The van der Waals surface area contributed by atoms with Crippen LogP contribution in [-0.4, -0.2) is 53.6 Å². The predicted molar refractivity (Wildman–Crippen MR) is 143 cm³/mol. The Balaban J connectivity index is 0.00000289. The van der Waals surface area contributed by atoms with Gasteiger partial charge in [0.15, 0.2) is 5.75 Å². The molecular weight excluding hydrogens is 460 g/mol. The molecule has 5 rings (SSSR count). The smallest absolute Gasteiger partial charge is 0.265 e. The Morgan fingerprint density at radius 1 is 1.11 bits per heavy atom. The average molecular weight is 493 g/mol. The van der Waals surface area contributed by atoms with Crippen LogP contribution in [0.5, 0.6) is 5.75 Å². The molecule has 0 radical (unpaired) electrons. The van der Waals surface area contributed by atoms with Crippen LogP contribution in [0.3, 0.4) is 0 Å². The third-order valence-corrected chi connectivity index (χ3v) is 7.58. The van der Waals surface area contributed by atoms with Gasteiger partial charge in [0.1, 0.15) is 10.3 Å². The quantitative estimate of drug-likeness (QED) is 0.411. The van der Waals surface area contributed by atoms with Gasteiger partial charge in [0, 0.05) is 24.7 Å². The molecule has 1 aliphatic heterocycles. The molecule has 1 fully saturated rings. The summed E-state index contributed by atoms with van der Waals surface area (Å²) in [5.41, 5.74) is 1.42. The van der Waals surface area contributed by atoms with Gasteiger partial charge in [-0.15, -0.1) is 11.3 Å². The van der Waals surface area contributed by atoms with Gasteiger partial charge >= 0.3 is 0 Å². The van der Waals surface area contributed by atoms with Crippen molar-refractivity contribution in [2.75, 3.05) is 33.3 Å². The zero-order valence-corrected chi connectivity index (χ0v) is 20.1. The lowest BCUT2D eigenvalue weighted by Crippen LogP contribution is -2.37.